The normalized spacial score (nSPS) is 6.67. The standard InChI is InChI=1S/C3H4N2.Mg.2H/c1-2-5-3-4-1;;;/h1-3H,(H,4,5);;;. The minimum atomic E-state index is 0. The molecule has 0 aliphatic carbocycles. The smallest absolute Gasteiger partial charge is 0.316 e. The van der Waals surface area contributed by atoms with Crippen LogP contribution in [0.5, 0.6) is 0 Å². The average molecular weight is 94.4 g/mol. The summed E-state index contributed by atoms with van der Waals surface area (Å²) >= 11 is 0. The first-order chi connectivity index (χ1) is 2.50. The van der Waals surface area contributed by atoms with Crippen LogP contribution in [0.1, 0.15) is 0 Å². The Kier molecular flexibility index (Phi) is 3.16. The number of hydrogen-bond acceptors (Lipinski definition) is 1. The van der Waals surface area contributed by atoms with E-state index in [4.69, 9.17) is 0 Å². The lowest BCUT2D eigenvalue weighted by atomic mass is 11.0. The summed E-state index contributed by atoms with van der Waals surface area (Å²) in [6.07, 6.45) is 5.08. The fraction of sp³-hybridized carbons (Fsp3) is 0. The van der Waals surface area contributed by atoms with E-state index in [1.165, 1.54) is 0 Å². The molecular formula is C3H6MgN2. The Bertz CT molecular complexity index is 65.3. The highest BCUT2D eigenvalue weighted by molar-refractivity contribution is 5.75. The summed E-state index contributed by atoms with van der Waals surface area (Å²) in [5.41, 5.74) is 0. The third-order valence-corrected chi connectivity index (χ3v) is 0.406. The minimum Gasteiger partial charge on any atom is -0.351 e. The quantitative estimate of drug-likeness (QED) is 0.431. The van der Waals surface area contributed by atoms with E-state index >= 15 is 0 Å². The van der Waals surface area contributed by atoms with Crippen molar-refractivity contribution in [2.24, 2.45) is 0 Å². The number of aromatic nitrogens is 2. The summed E-state index contributed by atoms with van der Waals surface area (Å²) < 4.78 is 0. The molecule has 0 bridgehead atoms. The Morgan fingerprint density at radius 1 is 1.50 bits per heavy atom. The van der Waals surface area contributed by atoms with Crippen LogP contribution in [0.25, 0.3) is 0 Å². The zero-order valence-electron chi connectivity index (χ0n) is 2.68. The second-order valence-corrected chi connectivity index (χ2v) is 0.761. The van der Waals surface area contributed by atoms with Crippen LogP contribution >= 0.6 is 0 Å². The Hall–Kier alpha value is -0.0238. The van der Waals surface area contributed by atoms with Crippen LogP contribution in [0.4, 0.5) is 0 Å². The second-order valence-electron chi connectivity index (χ2n) is 0.761. The number of nitrogens with zero attached hydrogens (tertiary/aromatic N) is 1. The zero-order chi connectivity index (χ0) is 3.54. The summed E-state index contributed by atoms with van der Waals surface area (Å²) in [5.74, 6) is 0. The highest BCUT2D eigenvalue weighted by Crippen LogP contribution is 1.62. The van der Waals surface area contributed by atoms with Gasteiger partial charge in [0.15, 0.2) is 0 Å². The van der Waals surface area contributed by atoms with Crippen molar-refractivity contribution in [3.8, 4) is 0 Å². The first kappa shape index (κ1) is 5.98. The topological polar surface area (TPSA) is 28.7 Å². The van der Waals surface area contributed by atoms with Gasteiger partial charge in [0.2, 0.25) is 0 Å². The maximum Gasteiger partial charge on any atom is 0.316 e. The molecule has 1 N–H and O–H groups in total. The number of rotatable bonds is 0. The van der Waals surface area contributed by atoms with Gasteiger partial charge in [-0.15, -0.1) is 0 Å². The molecule has 0 saturated heterocycles. The molecule has 0 amide bonds. The van der Waals surface area contributed by atoms with Crippen LogP contribution in [-0.4, -0.2) is 33.0 Å². The highest BCUT2D eigenvalue weighted by Gasteiger charge is 1.56. The van der Waals surface area contributed by atoms with Crippen LogP contribution in [0, 0.1) is 0 Å². The van der Waals surface area contributed by atoms with E-state index in [1.54, 1.807) is 18.7 Å². The molecule has 1 aromatic rings. The Labute approximate surface area is 52.1 Å². The molecule has 6 heavy (non-hydrogen) atoms. The molecule has 1 aromatic heterocycles. The lowest BCUT2D eigenvalue weighted by Gasteiger charge is -1.46. The van der Waals surface area contributed by atoms with Gasteiger partial charge in [0.1, 0.15) is 0 Å². The first-order valence-electron chi connectivity index (χ1n) is 1.43. The number of imidazole rings is 1. The number of aromatic amines is 1. The number of nitrogens with one attached hydrogen (secondary N) is 1. The van der Waals surface area contributed by atoms with Gasteiger partial charge in [-0.3, -0.25) is 0 Å². The summed E-state index contributed by atoms with van der Waals surface area (Å²) in [7, 11) is 0. The van der Waals surface area contributed by atoms with E-state index in [-0.39, 0.29) is 23.1 Å². The maximum atomic E-state index is 3.67. The van der Waals surface area contributed by atoms with Gasteiger partial charge >= 0.3 is 23.1 Å². The molecule has 0 spiro atoms. The predicted octanol–water partition coefficient (Wildman–Crippen LogP) is -0.507. The van der Waals surface area contributed by atoms with Gasteiger partial charge in [0, 0.05) is 12.4 Å². The third kappa shape index (κ3) is 1.42. The maximum absolute atomic E-state index is 3.67. The molecule has 1 rings (SSSR count). The molecular weight excluding hydrogens is 88.4 g/mol. The lowest BCUT2D eigenvalue weighted by molar-refractivity contribution is 1.31. The molecule has 0 unspecified atom stereocenters. The van der Waals surface area contributed by atoms with E-state index in [9.17, 15) is 0 Å². The van der Waals surface area contributed by atoms with E-state index in [0.717, 1.165) is 0 Å². The van der Waals surface area contributed by atoms with Crippen LogP contribution in [0.15, 0.2) is 18.7 Å². The van der Waals surface area contributed by atoms with E-state index < -0.39 is 0 Å². The van der Waals surface area contributed by atoms with Gasteiger partial charge in [0.05, 0.1) is 6.33 Å². The third-order valence-electron chi connectivity index (χ3n) is 0.406. The largest absolute Gasteiger partial charge is 0.351 e. The Morgan fingerprint density at radius 2 is 2.33 bits per heavy atom. The van der Waals surface area contributed by atoms with Crippen LogP contribution in [-0.2, 0) is 0 Å². The average Bonchev–Trinajstić information content (AvgIpc) is 1.76. The van der Waals surface area contributed by atoms with Crippen molar-refractivity contribution < 1.29 is 0 Å². The lowest BCUT2D eigenvalue weighted by Crippen LogP contribution is -1.44. The van der Waals surface area contributed by atoms with Crippen molar-refractivity contribution in [3.63, 3.8) is 0 Å². The molecule has 0 fully saturated rings. The van der Waals surface area contributed by atoms with Gasteiger partial charge < -0.3 is 4.98 Å². The predicted molar refractivity (Wildman–Crippen MR) is 27.1 cm³/mol. The van der Waals surface area contributed by atoms with Crippen molar-refractivity contribution in [1.82, 2.24) is 9.97 Å². The van der Waals surface area contributed by atoms with Crippen LogP contribution in [0.3, 0.4) is 0 Å². The van der Waals surface area contributed by atoms with Gasteiger partial charge in [-0.05, 0) is 0 Å². The van der Waals surface area contributed by atoms with E-state index in [1.807, 2.05) is 0 Å². The van der Waals surface area contributed by atoms with Gasteiger partial charge in [0.25, 0.3) is 0 Å². The first-order valence-corrected chi connectivity index (χ1v) is 1.43. The SMILES string of the molecule is [MgH2].c1c[nH]cn1. The molecule has 30 valence electrons. The van der Waals surface area contributed by atoms with Crippen LogP contribution in [0.2, 0.25) is 0 Å². The molecule has 0 aromatic carbocycles. The Morgan fingerprint density at radius 3 is 2.50 bits per heavy atom. The van der Waals surface area contributed by atoms with E-state index in [0.29, 0.717) is 0 Å². The molecule has 0 aliphatic heterocycles. The summed E-state index contributed by atoms with van der Waals surface area (Å²) in [6, 6.07) is 0. The monoisotopic (exact) mass is 94.0 g/mol. The molecule has 0 radical (unpaired) electrons. The molecule has 3 heteroatoms. The second kappa shape index (κ2) is 3.18. The van der Waals surface area contributed by atoms with Crippen molar-refractivity contribution in [2.45, 2.75) is 0 Å². The zero-order valence-corrected chi connectivity index (χ0v) is 2.68. The van der Waals surface area contributed by atoms with E-state index in [2.05, 4.69) is 9.97 Å². The fourth-order valence-electron chi connectivity index (χ4n) is 0.215. The summed E-state index contributed by atoms with van der Waals surface area (Å²) in [4.78, 5) is 6.42. The van der Waals surface area contributed by atoms with Gasteiger partial charge in [-0.25, -0.2) is 4.98 Å². The van der Waals surface area contributed by atoms with Gasteiger partial charge in [-0.2, -0.15) is 0 Å². The minimum absolute atomic E-state index is 0. The van der Waals surface area contributed by atoms with Crippen molar-refractivity contribution in [2.75, 3.05) is 0 Å². The highest BCUT2D eigenvalue weighted by atomic mass is 24.3. The number of H-pyrrole nitrogens is 1. The summed E-state index contributed by atoms with van der Waals surface area (Å²) in [5, 5.41) is 0. The van der Waals surface area contributed by atoms with Crippen LogP contribution < -0.4 is 0 Å². The molecule has 2 nitrogen and oxygen atoms in total. The fourth-order valence-corrected chi connectivity index (χ4v) is 0.215. The summed E-state index contributed by atoms with van der Waals surface area (Å²) in [6.45, 7) is 0. The van der Waals surface area contributed by atoms with Crippen molar-refractivity contribution in [1.29, 1.82) is 0 Å². The molecule has 0 saturated carbocycles. The van der Waals surface area contributed by atoms with Gasteiger partial charge in [-0.1, -0.05) is 0 Å². The van der Waals surface area contributed by atoms with Crippen molar-refractivity contribution >= 4 is 23.1 Å². The Balaban J connectivity index is 0.000000250. The molecule has 0 atom stereocenters. The van der Waals surface area contributed by atoms with Crippen molar-refractivity contribution in [3.05, 3.63) is 18.7 Å². The molecule has 1 heterocycles. The number of hydrogen-bond donors (Lipinski definition) is 1. The molecule has 0 aliphatic rings.